The van der Waals surface area contributed by atoms with Gasteiger partial charge >= 0.3 is 12.1 Å². The fraction of sp³-hybridized carbons (Fsp3) is 0.300. The van der Waals surface area contributed by atoms with Crippen molar-refractivity contribution in [1.29, 1.82) is 0 Å². The van der Waals surface area contributed by atoms with Crippen LogP contribution < -0.4 is 0 Å². The molecule has 1 fully saturated rings. The van der Waals surface area contributed by atoms with Gasteiger partial charge in [-0.15, -0.1) is 0 Å². The lowest BCUT2D eigenvalue weighted by atomic mass is 10.1. The van der Waals surface area contributed by atoms with E-state index in [2.05, 4.69) is 0 Å². The Morgan fingerprint density at radius 2 is 1.74 bits per heavy atom. The minimum Gasteiger partial charge on any atom is -0.480 e. The Kier molecular flexibility index (Phi) is 6.03. The summed E-state index contributed by atoms with van der Waals surface area (Å²) in [7, 11) is 0. The van der Waals surface area contributed by atoms with E-state index in [1.165, 1.54) is 17.0 Å². The largest absolute Gasteiger partial charge is 0.480 e. The highest BCUT2D eigenvalue weighted by atomic mass is 19.1. The van der Waals surface area contributed by atoms with Crippen LogP contribution in [0.25, 0.3) is 0 Å². The van der Waals surface area contributed by atoms with E-state index in [0.717, 1.165) is 11.1 Å². The zero-order valence-corrected chi connectivity index (χ0v) is 14.8. The van der Waals surface area contributed by atoms with E-state index in [1.807, 2.05) is 30.3 Å². The van der Waals surface area contributed by atoms with Crippen molar-refractivity contribution in [3.05, 3.63) is 71.5 Å². The maximum Gasteiger partial charge on any atom is 0.410 e. The van der Waals surface area contributed by atoms with Gasteiger partial charge in [-0.25, -0.2) is 9.18 Å². The number of carboxylic acid groups (broad SMARTS) is 1. The van der Waals surface area contributed by atoms with Crippen molar-refractivity contribution in [3.63, 3.8) is 0 Å². The summed E-state index contributed by atoms with van der Waals surface area (Å²) in [5, 5.41) is 9.56. The van der Waals surface area contributed by atoms with Gasteiger partial charge in [0.15, 0.2) is 0 Å². The molecular formula is C20H21FN2O4. The maximum atomic E-state index is 13.0. The molecule has 1 aliphatic heterocycles. The first kappa shape index (κ1) is 18.8. The Morgan fingerprint density at radius 1 is 1.04 bits per heavy atom. The van der Waals surface area contributed by atoms with Gasteiger partial charge in [-0.05, 0) is 23.3 Å². The van der Waals surface area contributed by atoms with Gasteiger partial charge in [0, 0.05) is 19.6 Å². The molecule has 6 nitrogen and oxygen atoms in total. The van der Waals surface area contributed by atoms with Crippen LogP contribution in [0.1, 0.15) is 11.1 Å². The number of aliphatic carboxylic acids is 1. The average molecular weight is 372 g/mol. The van der Waals surface area contributed by atoms with E-state index >= 15 is 0 Å². The average Bonchev–Trinajstić information content (AvgIpc) is 2.69. The number of carbonyl (C=O) groups excluding carboxylic acids is 1. The monoisotopic (exact) mass is 372 g/mol. The Morgan fingerprint density at radius 3 is 2.41 bits per heavy atom. The van der Waals surface area contributed by atoms with Crippen molar-refractivity contribution in [2.24, 2.45) is 0 Å². The van der Waals surface area contributed by atoms with Crippen molar-refractivity contribution in [2.45, 2.75) is 19.2 Å². The maximum absolute atomic E-state index is 13.0. The van der Waals surface area contributed by atoms with Crippen molar-refractivity contribution in [1.82, 2.24) is 9.80 Å². The lowest BCUT2D eigenvalue weighted by molar-refractivity contribution is -0.145. The molecule has 1 saturated heterocycles. The number of rotatable bonds is 5. The fourth-order valence-corrected chi connectivity index (χ4v) is 3.04. The van der Waals surface area contributed by atoms with Crippen LogP contribution in [0.3, 0.4) is 0 Å². The molecule has 2 aromatic rings. The van der Waals surface area contributed by atoms with Crippen LogP contribution in [-0.2, 0) is 22.7 Å². The van der Waals surface area contributed by atoms with Gasteiger partial charge in [0.25, 0.3) is 0 Å². The number of amides is 1. The first-order chi connectivity index (χ1) is 13.0. The lowest BCUT2D eigenvalue weighted by Crippen LogP contribution is -2.57. The van der Waals surface area contributed by atoms with Crippen LogP contribution >= 0.6 is 0 Å². The number of carbonyl (C=O) groups is 2. The minimum atomic E-state index is -1.00. The molecular weight excluding hydrogens is 351 g/mol. The van der Waals surface area contributed by atoms with Gasteiger partial charge in [0.2, 0.25) is 0 Å². The SMILES string of the molecule is O=C(O)C1CN(C(=O)OCc2ccccc2)CCN1Cc1ccc(F)cc1. The lowest BCUT2D eigenvalue weighted by Gasteiger charge is -2.38. The van der Waals surface area contributed by atoms with E-state index in [0.29, 0.717) is 19.6 Å². The van der Waals surface area contributed by atoms with Gasteiger partial charge < -0.3 is 14.7 Å². The topological polar surface area (TPSA) is 70.1 Å². The summed E-state index contributed by atoms with van der Waals surface area (Å²) in [6.07, 6.45) is -0.522. The third kappa shape index (κ3) is 5.04. The Hall–Kier alpha value is -2.93. The van der Waals surface area contributed by atoms with E-state index in [4.69, 9.17) is 4.74 Å². The molecule has 0 radical (unpaired) electrons. The summed E-state index contributed by atoms with van der Waals surface area (Å²) in [6, 6.07) is 14.4. The zero-order chi connectivity index (χ0) is 19.2. The molecule has 1 heterocycles. The number of nitrogens with zero attached hydrogens (tertiary/aromatic N) is 2. The molecule has 0 aliphatic carbocycles. The van der Waals surface area contributed by atoms with E-state index in [1.54, 1.807) is 17.0 Å². The number of halogens is 1. The van der Waals surface area contributed by atoms with E-state index < -0.39 is 18.1 Å². The molecule has 1 unspecified atom stereocenters. The van der Waals surface area contributed by atoms with Crippen molar-refractivity contribution in [2.75, 3.05) is 19.6 Å². The summed E-state index contributed by atoms with van der Waals surface area (Å²) in [5.41, 5.74) is 1.69. The predicted molar refractivity (Wildman–Crippen MR) is 96.4 cm³/mol. The van der Waals surface area contributed by atoms with Crippen LogP contribution in [0, 0.1) is 5.82 Å². The Balaban J connectivity index is 1.58. The number of carboxylic acids is 1. The number of benzene rings is 2. The standard InChI is InChI=1S/C20H21FN2O4/c21-17-8-6-15(7-9-17)12-22-10-11-23(13-18(22)19(24)25)20(26)27-14-16-4-2-1-3-5-16/h1-9,18H,10-14H2,(H,24,25). The highest BCUT2D eigenvalue weighted by molar-refractivity contribution is 5.76. The number of hydrogen-bond acceptors (Lipinski definition) is 4. The van der Waals surface area contributed by atoms with Crippen molar-refractivity contribution < 1.29 is 23.8 Å². The van der Waals surface area contributed by atoms with E-state index in [9.17, 15) is 19.1 Å². The van der Waals surface area contributed by atoms with Crippen LogP contribution in [0.2, 0.25) is 0 Å². The second kappa shape index (κ2) is 8.64. The Labute approximate surface area is 156 Å². The summed E-state index contributed by atoms with van der Waals surface area (Å²) in [5.74, 6) is -1.34. The van der Waals surface area contributed by atoms with Gasteiger partial charge in [0.1, 0.15) is 18.5 Å². The molecule has 1 amide bonds. The van der Waals surface area contributed by atoms with Crippen molar-refractivity contribution >= 4 is 12.1 Å². The molecule has 0 spiro atoms. The zero-order valence-electron chi connectivity index (χ0n) is 14.8. The first-order valence-electron chi connectivity index (χ1n) is 8.70. The molecule has 0 aromatic heterocycles. The normalized spacial score (nSPS) is 17.5. The van der Waals surface area contributed by atoms with Gasteiger partial charge in [-0.3, -0.25) is 9.69 Å². The number of piperazine rings is 1. The molecule has 1 atom stereocenters. The molecule has 1 N–H and O–H groups in total. The third-order valence-corrected chi connectivity index (χ3v) is 4.54. The first-order valence-corrected chi connectivity index (χ1v) is 8.70. The number of ether oxygens (including phenoxy) is 1. The molecule has 27 heavy (non-hydrogen) atoms. The van der Waals surface area contributed by atoms with Gasteiger partial charge in [-0.1, -0.05) is 42.5 Å². The quantitative estimate of drug-likeness (QED) is 0.874. The molecule has 0 saturated carbocycles. The van der Waals surface area contributed by atoms with E-state index in [-0.39, 0.29) is 19.0 Å². The fourth-order valence-electron chi connectivity index (χ4n) is 3.04. The minimum absolute atomic E-state index is 0.0458. The second-order valence-electron chi connectivity index (χ2n) is 6.44. The molecule has 7 heteroatoms. The molecule has 1 aliphatic rings. The van der Waals surface area contributed by atoms with Crippen LogP contribution in [0.4, 0.5) is 9.18 Å². The highest BCUT2D eigenvalue weighted by Gasteiger charge is 2.34. The van der Waals surface area contributed by atoms with Crippen LogP contribution in [0.5, 0.6) is 0 Å². The Bertz CT molecular complexity index is 782. The second-order valence-corrected chi connectivity index (χ2v) is 6.44. The van der Waals surface area contributed by atoms with Gasteiger partial charge in [-0.2, -0.15) is 0 Å². The third-order valence-electron chi connectivity index (χ3n) is 4.54. The molecule has 3 rings (SSSR count). The molecule has 2 aromatic carbocycles. The smallest absolute Gasteiger partial charge is 0.410 e. The summed E-state index contributed by atoms with van der Waals surface area (Å²) in [6.45, 7) is 1.34. The van der Waals surface area contributed by atoms with Gasteiger partial charge in [0.05, 0.1) is 6.54 Å². The summed E-state index contributed by atoms with van der Waals surface area (Å²) < 4.78 is 18.3. The molecule has 0 bridgehead atoms. The van der Waals surface area contributed by atoms with Crippen LogP contribution in [0.15, 0.2) is 54.6 Å². The van der Waals surface area contributed by atoms with Crippen LogP contribution in [-0.4, -0.2) is 52.6 Å². The predicted octanol–water partition coefficient (Wildman–Crippen LogP) is 2.73. The summed E-state index contributed by atoms with van der Waals surface area (Å²) >= 11 is 0. The van der Waals surface area contributed by atoms with Crippen molar-refractivity contribution in [3.8, 4) is 0 Å². The summed E-state index contributed by atoms with van der Waals surface area (Å²) in [4.78, 5) is 27.2. The number of hydrogen-bond donors (Lipinski definition) is 1. The highest BCUT2D eigenvalue weighted by Crippen LogP contribution is 2.16. The molecule has 142 valence electrons.